The van der Waals surface area contributed by atoms with Crippen molar-refractivity contribution in [2.45, 2.75) is 12.8 Å². The molecule has 4 nitrogen and oxygen atoms in total. The topological polar surface area (TPSA) is 58.4 Å². The molecular weight excluding hydrogens is 214 g/mol. The maximum atomic E-state index is 11.3. The summed E-state index contributed by atoms with van der Waals surface area (Å²) in [5.41, 5.74) is 7.99. The quantitative estimate of drug-likeness (QED) is 0.732. The van der Waals surface area contributed by atoms with Gasteiger partial charge in [0.2, 0.25) is 5.91 Å². The first-order valence-electron chi connectivity index (χ1n) is 6.06. The van der Waals surface area contributed by atoms with E-state index >= 15 is 0 Å². The average molecular weight is 233 g/mol. The molecule has 1 amide bonds. The van der Waals surface area contributed by atoms with Crippen LogP contribution in [0.5, 0.6) is 0 Å². The van der Waals surface area contributed by atoms with Crippen molar-refractivity contribution in [2.24, 2.45) is 5.73 Å². The Kier molecular flexibility index (Phi) is 3.98. The van der Waals surface area contributed by atoms with E-state index in [1.165, 1.54) is 0 Å². The predicted molar refractivity (Wildman–Crippen MR) is 68.2 cm³/mol. The zero-order valence-corrected chi connectivity index (χ0v) is 9.98. The number of allylic oxidation sites excluding steroid dienone is 4. The van der Waals surface area contributed by atoms with Gasteiger partial charge < -0.3 is 11.1 Å². The Bertz CT molecular complexity index is 382. The van der Waals surface area contributed by atoms with Crippen molar-refractivity contribution in [1.29, 1.82) is 0 Å². The van der Waals surface area contributed by atoms with Crippen LogP contribution in [0.4, 0.5) is 0 Å². The molecule has 17 heavy (non-hydrogen) atoms. The number of nitrogens with zero attached hydrogens (tertiary/aromatic N) is 1. The standard InChI is InChI=1S/C13H19N3O/c14-12-6-4-2-1-3-5-11(12)9-16-8-7-15-13(17)10-16/h1,3,5-6H,2,4,7-10,14H2,(H,15,17)/b3-1-,11-5-,12-6+. The van der Waals surface area contributed by atoms with Crippen molar-refractivity contribution >= 4 is 5.91 Å². The van der Waals surface area contributed by atoms with E-state index in [0.717, 1.165) is 43.7 Å². The van der Waals surface area contributed by atoms with Crippen LogP contribution in [0, 0.1) is 0 Å². The SMILES string of the molecule is NC1=C/CC\C=C/C=C\1CN1CCNC(=O)C1. The third-order valence-corrected chi connectivity index (χ3v) is 3.01. The van der Waals surface area contributed by atoms with E-state index in [9.17, 15) is 4.79 Å². The van der Waals surface area contributed by atoms with Crippen molar-refractivity contribution in [3.63, 3.8) is 0 Å². The minimum atomic E-state index is 0.0980. The molecule has 1 saturated heterocycles. The van der Waals surface area contributed by atoms with Crippen molar-refractivity contribution < 1.29 is 4.79 Å². The molecule has 0 spiro atoms. The van der Waals surface area contributed by atoms with Crippen molar-refractivity contribution in [1.82, 2.24) is 10.2 Å². The van der Waals surface area contributed by atoms with Gasteiger partial charge in [0, 0.05) is 25.3 Å². The van der Waals surface area contributed by atoms with Gasteiger partial charge in [0.05, 0.1) is 6.54 Å². The van der Waals surface area contributed by atoms with Gasteiger partial charge in [-0.15, -0.1) is 0 Å². The smallest absolute Gasteiger partial charge is 0.234 e. The highest BCUT2D eigenvalue weighted by atomic mass is 16.2. The number of rotatable bonds is 2. The molecule has 4 heteroatoms. The number of carbonyl (C=O) groups excluding carboxylic acids is 1. The monoisotopic (exact) mass is 233 g/mol. The van der Waals surface area contributed by atoms with E-state index in [1.54, 1.807) is 0 Å². The summed E-state index contributed by atoms with van der Waals surface area (Å²) >= 11 is 0. The molecule has 1 aliphatic heterocycles. The Morgan fingerprint density at radius 2 is 2.29 bits per heavy atom. The van der Waals surface area contributed by atoms with E-state index in [0.29, 0.717) is 6.54 Å². The number of piperazine rings is 1. The van der Waals surface area contributed by atoms with E-state index in [-0.39, 0.29) is 5.91 Å². The lowest BCUT2D eigenvalue weighted by Gasteiger charge is -2.27. The summed E-state index contributed by atoms with van der Waals surface area (Å²) in [5, 5.41) is 2.82. The molecule has 2 rings (SSSR count). The first-order chi connectivity index (χ1) is 8.25. The lowest BCUT2D eigenvalue weighted by atomic mass is 10.1. The maximum absolute atomic E-state index is 11.3. The van der Waals surface area contributed by atoms with Gasteiger partial charge in [0.15, 0.2) is 0 Å². The zero-order valence-electron chi connectivity index (χ0n) is 9.98. The minimum absolute atomic E-state index is 0.0980. The van der Waals surface area contributed by atoms with Crippen LogP contribution in [0.2, 0.25) is 0 Å². The van der Waals surface area contributed by atoms with E-state index in [2.05, 4.69) is 34.5 Å². The number of hydrogen-bond acceptors (Lipinski definition) is 3. The number of nitrogens with two attached hydrogens (primary N) is 1. The zero-order chi connectivity index (χ0) is 12.1. The van der Waals surface area contributed by atoms with Gasteiger partial charge in [-0.1, -0.05) is 24.3 Å². The van der Waals surface area contributed by atoms with Gasteiger partial charge in [-0.05, 0) is 18.4 Å². The molecular formula is C13H19N3O. The summed E-state index contributed by atoms with van der Waals surface area (Å²) in [7, 11) is 0. The highest BCUT2D eigenvalue weighted by molar-refractivity contribution is 5.78. The Balaban J connectivity index is 2.02. The number of amides is 1. The Hall–Kier alpha value is -1.55. The molecule has 0 bridgehead atoms. The second-order valence-electron chi connectivity index (χ2n) is 4.42. The molecule has 0 atom stereocenters. The van der Waals surface area contributed by atoms with Crippen LogP contribution in [0.1, 0.15) is 12.8 Å². The third kappa shape index (κ3) is 3.46. The van der Waals surface area contributed by atoms with Crippen LogP contribution < -0.4 is 11.1 Å². The molecule has 0 aromatic carbocycles. The molecule has 0 aromatic rings. The molecule has 3 N–H and O–H groups in total. The first-order valence-corrected chi connectivity index (χ1v) is 6.06. The Morgan fingerprint density at radius 1 is 1.41 bits per heavy atom. The molecule has 2 aliphatic rings. The van der Waals surface area contributed by atoms with Crippen molar-refractivity contribution in [3.05, 3.63) is 35.6 Å². The van der Waals surface area contributed by atoms with Gasteiger partial charge in [-0.3, -0.25) is 9.69 Å². The molecule has 1 fully saturated rings. The minimum Gasteiger partial charge on any atom is -0.399 e. The third-order valence-electron chi connectivity index (χ3n) is 3.01. The fourth-order valence-corrected chi connectivity index (χ4v) is 2.05. The summed E-state index contributed by atoms with van der Waals surface area (Å²) in [6, 6.07) is 0. The fraction of sp³-hybridized carbons (Fsp3) is 0.462. The van der Waals surface area contributed by atoms with Gasteiger partial charge in [0.1, 0.15) is 0 Å². The molecule has 1 aliphatic carbocycles. The van der Waals surface area contributed by atoms with Crippen molar-refractivity contribution in [2.75, 3.05) is 26.2 Å². The lowest BCUT2D eigenvalue weighted by molar-refractivity contribution is -0.123. The molecule has 0 radical (unpaired) electrons. The van der Waals surface area contributed by atoms with Crippen LogP contribution in [0.25, 0.3) is 0 Å². The summed E-state index contributed by atoms with van der Waals surface area (Å²) in [6.45, 7) is 2.83. The largest absolute Gasteiger partial charge is 0.399 e. The highest BCUT2D eigenvalue weighted by Gasteiger charge is 2.17. The second kappa shape index (κ2) is 5.68. The van der Waals surface area contributed by atoms with Gasteiger partial charge in [-0.2, -0.15) is 0 Å². The summed E-state index contributed by atoms with van der Waals surface area (Å²) in [5.74, 6) is 0.0980. The summed E-state index contributed by atoms with van der Waals surface area (Å²) in [4.78, 5) is 13.4. The van der Waals surface area contributed by atoms with E-state index < -0.39 is 0 Å². The number of carbonyl (C=O) groups is 1. The van der Waals surface area contributed by atoms with Crippen LogP contribution >= 0.6 is 0 Å². The van der Waals surface area contributed by atoms with Crippen LogP contribution in [0.3, 0.4) is 0 Å². The lowest BCUT2D eigenvalue weighted by Crippen LogP contribution is -2.48. The molecule has 0 aromatic heterocycles. The van der Waals surface area contributed by atoms with E-state index in [1.807, 2.05) is 0 Å². The number of nitrogens with one attached hydrogen (secondary N) is 1. The average Bonchev–Trinajstić information content (AvgIpc) is 2.29. The van der Waals surface area contributed by atoms with Crippen LogP contribution in [-0.4, -0.2) is 37.0 Å². The van der Waals surface area contributed by atoms with Crippen LogP contribution in [-0.2, 0) is 4.79 Å². The normalized spacial score (nSPS) is 30.2. The predicted octanol–water partition coefficient (Wildman–Crippen LogP) is 0.537. The van der Waals surface area contributed by atoms with Gasteiger partial charge in [0.25, 0.3) is 0 Å². The van der Waals surface area contributed by atoms with E-state index in [4.69, 9.17) is 5.73 Å². The fourth-order valence-electron chi connectivity index (χ4n) is 2.05. The maximum Gasteiger partial charge on any atom is 0.234 e. The first kappa shape index (κ1) is 11.9. The highest BCUT2D eigenvalue weighted by Crippen LogP contribution is 2.12. The molecule has 1 heterocycles. The van der Waals surface area contributed by atoms with Crippen LogP contribution in [0.15, 0.2) is 35.6 Å². The van der Waals surface area contributed by atoms with Gasteiger partial charge in [-0.25, -0.2) is 0 Å². The molecule has 92 valence electrons. The summed E-state index contributed by atoms with van der Waals surface area (Å²) in [6.07, 6.45) is 10.3. The molecule has 0 unspecified atom stereocenters. The van der Waals surface area contributed by atoms with Crippen molar-refractivity contribution in [3.8, 4) is 0 Å². The number of hydrogen-bond donors (Lipinski definition) is 2. The second-order valence-corrected chi connectivity index (χ2v) is 4.42. The van der Waals surface area contributed by atoms with Gasteiger partial charge >= 0.3 is 0 Å². The molecule has 0 saturated carbocycles. The Morgan fingerprint density at radius 3 is 3.12 bits per heavy atom. The summed E-state index contributed by atoms with van der Waals surface area (Å²) < 4.78 is 0. The Labute approximate surface area is 102 Å².